The number of hydrogen-bond donors (Lipinski definition) is 14. The number of rotatable bonds is 19. The van der Waals surface area contributed by atoms with Gasteiger partial charge in [0.05, 0.1) is 36.6 Å². The monoisotopic (exact) mass is 1260 g/mol. The summed E-state index contributed by atoms with van der Waals surface area (Å²) < 4.78 is 15.3. The minimum Gasteiger partial charge on any atom is -0.504 e. The zero-order valence-corrected chi connectivity index (χ0v) is 49.8. The molecular formula is C60H75N9O19S. The van der Waals surface area contributed by atoms with Crippen molar-refractivity contribution >= 4 is 64.8 Å². The summed E-state index contributed by atoms with van der Waals surface area (Å²) in [4.78, 5) is 108. The van der Waals surface area contributed by atoms with Crippen molar-refractivity contribution in [3.8, 4) is 33.8 Å². The topological polar surface area (TPSA) is 428 Å². The largest absolute Gasteiger partial charge is 0.504 e. The van der Waals surface area contributed by atoms with Gasteiger partial charge in [0.2, 0.25) is 35.4 Å². The Morgan fingerprint density at radius 1 is 0.775 bits per heavy atom. The lowest BCUT2D eigenvalue weighted by Gasteiger charge is -2.34. The van der Waals surface area contributed by atoms with Gasteiger partial charge < -0.3 is 86.5 Å². The summed E-state index contributed by atoms with van der Waals surface area (Å²) in [6.07, 6.45) is -8.25. The van der Waals surface area contributed by atoms with Gasteiger partial charge in [-0.3, -0.25) is 33.6 Å². The number of carbonyl (C=O) groups is 7. The maximum Gasteiger partial charge on any atom is 0.261 e. The highest BCUT2D eigenvalue weighted by Crippen LogP contribution is 2.33. The standard InChI is InChI=1S/C60H75N9O19S/c1-4-5-6-7-48-63-40-24-37(17-19-46(40)85-48)35-11-9-33(10-12-35)34-13-15-36(16-14-34)54(77)64-41-25-38(71)27-62-58(81)52-53(76)30(2)28-69(52)60(83)51(44(74)20-21-61)67-57(80)50(45(75)22-32-8-18-43(73)47(23-32)86-89-88-87-84)66-56(79)42-26-39(72)29-68(42)59(82)49(31(3)70)65-55(41)78/h8-19,23-24,30-31,38-39,41-42,44-45,49-53,70-76,84H,4-7,20-22,25-29,61H2,1-3H3,(H,62,81)(H,64,77)(H,65,78)(H,66,79)(H,67,80)/t30-,31+,38+,39+,41+,42+,44-,45-,49+,50+,51+,52+,53+/m1/s1. The maximum atomic E-state index is 14.7. The molecule has 13 atom stereocenters. The number of benzene rings is 4. The van der Waals surface area contributed by atoms with Gasteiger partial charge in [0.25, 0.3) is 18.2 Å². The molecule has 4 aromatic carbocycles. The molecule has 4 heterocycles. The van der Waals surface area contributed by atoms with Crippen LogP contribution in [0.15, 0.2) is 89.3 Å². The van der Waals surface area contributed by atoms with Crippen LogP contribution in [0.2, 0.25) is 0 Å². The van der Waals surface area contributed by atoms with E-state index in [1.807, 2.05) is 42.5 Å². The Hall–Kier alpha value is -7.81. The molecule has 15 N–H and O–H groups in total. The quantitative estimate of drug-likeness (QED) is 0.0228. The number of nitrogens with two attached hydrogens (primary N) is 1. The number of aromatic hydroxyl groups is 1. The van der Waals surface area contributed by atoms with Gasteiger partial charge in [0, 0.05) is 56.8 Å². The summed E-state index contributed by atoms with van der Waals surface area (Å²) in [5.74, 6) is -8.55. The number of nitrogens with zero attached hydrogens (tertiary/aromatic N) is 3. The van der Waals surface area contributed by atoms with Crippen molar-refractivity contribution in [2.75, 3.05) is 26.2 Å². The highest BCUT2D eigenvalue weighted by Gasteiger charge is 2.50. The van der Waals surface area contributed by atoms with Crippen LogP contribution < -0.4 is 36.5 Å². The molecule has 3 aliphatic heterocycles. The van der Waals surface area contributed by atoms with Crippen molar-refractivity contribution in [1.82, 2.24) is 41.4 Å². The number of fused-ring (bicyclic) bond motifs is 3. The number of aromatic nitrogens is 1. The second kappa shape index (κ2) is 30.6. The Morgan fingerprint density at radius 3 is 2.10 bits per heavy atom. The summed E-state index contributed by atoms with van der Waals surface area (Å²) in [5, 5.41) is 103. The number of aliphatic hydroxyl groups is 6. The lowest BCUT2D eigenvalue weighted by atomic mass is 9.98. The third kappa shape index (κ3) is 16.5. The molecular weight excluding hydrogens is 1180 g/mol. The third-order valence-corrected chi connectivity index (χ3v) is 16.3. The molecule has 28 nitrogen and oxygen atoms in total. The van der Waals surface area contributed by atoms with Crippen LogP contribution in [0, 0.1) is 5.92 Å². The first-order valence-electron chi connectivity index (χ1n) is 29.2. The van der Waals surface area contributed by atoms with Crippen LogP contribution in [-0.2, 0) is 51.0 Å². The van der Waals surface area contributed by atoms with Crippen LogP contribution in [-0.4, -0.2) is 196 Å². The van der Waals surface area contributed by atoms with E-state index in [9.17, 15) is 69.3 Å². The Morgan fingerprint density at radius 2 is 1.43 bits per heavy atom. The second-order valence-electron chi connectivity index (χ2n) is 22.6. The predicted molar refractivity (Wildman–Crippen MR) is 318 cm³/mol. The van der Waals surface area contributed by atoms with Crippen LogP contribution in [0.25, 0.3) is 33.4 Å². The van der Waals surface area contributed by atoms with Gasteiger partial charge in [-0.15, -0.1) is 0 Å². The van der Waals surface area contributed by atoms with Gasteiger partial charge in [-0.1, -0.05) is 84.6 Å². The Kier molecular flexibility index (Phi) is 23.1. The number of oxazole rings is 1. The summed E-state index contributed by atoms with van der Waals surface area (Å²) in [6, 6.07) is 12.4. The fraction of sp³-hybridized carbons (Fsp3) is 0.467. The molecule has 0 spiro atoms. The smallest absolute Gasteiger partial charge is 0.261 e. The molecule has 8 rings (SSSR count). The van der Waals surface area contributed by atoms with E-state index in [4.69, 9.17) is 19.6 Å². The zero-order chi connectivity index (χ0) is 64.2. The van der Waals surface area contributed by atoms with Crippen LogP contribution in [0.1, 0.15) is 81.1 Å². The molecule has 0 aliphatic carbocycles. The van der Waals surface area contributed by atoms with Gasteiger partial charge in [-0.05, 0) is 90.5 Å². The normalized spacial score (nSPS) is 25.2. The molecule has 89 heavy (non-hydrogen) atoms. The van der Waals surface area contributed by atoms with Crippen molar-refractivity contribution in [2.24, 2.45) is 11.7 Å². The van der Waals surface area contributed by atoms with E-state index in [-0.39, 0.29) is 48.7 Å². The number of phenols is 1. The van der Waals surface area contributed by atoms with E-state index in [1.54, 1.807) is 12.1 Å². The summed E-state index contributed by atoms with van der Waals surface area (Å²) >= 11 is 0.0823. The first kappa shape index (κ1) is 67.1. The number of β-amino-alcohol motifs (C(OH)–C–C–N with tert-alkyl or cyclic N) is 1. The van der Waals surface area contributed by atoms with E-state index >= 15 is 0 Å². The van der Waals surface area contributed by atoms with Crippen molar-refractivity contribution in [3.63, 3.8) is 0 Å². The Bertz CT molecular complexity index is 3300. The number of hydrogen-bond acceptors (Lipinski definition) is 22. The minimum absolute atomic E-state index is 0.0579. The molecule has 480 valence electrons. The molecule has 3 saturated heterocycles. The lowest BCUT2D eigenvalue weighted by molar-refractivity contribution is -0.433. The molecule has 1 aromatic heterocycles. The number of aliphatic hydroxyl groups excluding tert-OH is 6. The van der Waals surface area contributed by atoms with Gasteiger partial charge in [0.15, 0.2) is 23.0 Å². The van der Waals surface area contributed by atoms with E-state index in [0.29, 0.717) is 11.5 Å². The second-order valence-corrected chi connectivity index (χ2v) is 23.0. The summed E-state index contributed by atoms with van der Waals surface area (Å²) in [5.41, 5.74) is 10.8. The van der Waals surface area contributed by atoms with Crippen LogP contribution in [0.3, 0.4) is 0 Å². The number of aryl methyl sites for hydroxylation is 1. The molecule has 7 amide bonds. The predicted octanol–water partition coefficient (Wildman–Crippen LogP) is 0.261. The highest BCUT2D eigenvalue weighted by molar-refractivity contribution is 7.90. The SMILES string of the molecule is CCCCCc1nc2cc(-c3ccc(-c4ccc(C(=O)N[C@H]5C[C@H](O)CNC(=O)[C@@H]6[C@@H](O)[C@H](C)CN6C(=O)[C@H]([C@H](O)CCN)NC(=O)[C@H]([C@H](O)Cc6ccc(O)c(OSOOO)c6)NC(=O)[C@@H]6C[C@H](O)CN6C(=O)[C@H]([C@H](C)O)NC5=O)cc4)cc3)ccc2o1. The fourth-order valence-electron chi connectivity index (χ4n) is 11.1. The van der Waals surface area contributed by atoms with Gasteiger partial charge in [0.1, 0.15) is 41.8 Å². The van der Waals surface area contributed by atoms with E-state index in [1.165, 1.54) is 31.2 Å². The zero-order valence-electron chi connectivity index (χ0n) is 49.0. The number of phenolic OH excluding ortho intramolecular Hbond substituents is 1. The Balaban J connectivity index is 1.07. The number of unbranched alkanes of at least 4 members (excludes halogenated alkanes) is 2. The molecule has 29 heteroatoms. The molecule has 0 unspecified atom stereocenters. The third-order valence-electron chi connectivity index (χ3n) is 16.0. The van der Waals surface area contributed by atoms with Gasteiger partial charge in [-0.2, -0.15) is 0 Å². The Labute approximate surface area is 515 Å². The van der Waals surface area contributed by atoms with Crippen molar-refractivity contribution < 1.29 is 92.5 Å². The average Bonchev–Trinajstić information content (AvgIpc) is 2.05. The number of amides is 7. The molecule has 0 saturated carbocycles. The highest BCUT2D eigenvalue weighted by atomic mass is 32.2. The molecule has 3 fully saturated rings. The maximum absolute atomic E-state index is 14.7. The van der Waals surface area contributed by atoms with Crippen molar-refractivity contribution in [2.45, 2.75) is 145 Å². The average molecular weight is 1260 g/mol. The molecule has 5 aromatic rings. The first-order chi connectivity index (χ1) is 42.6. The van der Waals surface area contributed by atoms with Gasteiger partial charge in [-0.25, -0.2) is 10.2 Å². The minimum atomic E-state index is -2.10. The van der Waals surface area contributed by atoms with Crippen LogP contribution in [0.4, 0.5) is 0 Å². The number of nitrogens with one attached hydrogen (secondary N) is 5. The van der Waals surface area contributed by atoms with Crippen LogP contribution in [0.5, 0.6) is 11.5 Å². The van der Waals surface area contributed by atoms with Crippen molar-refractivity contribution in [3.05, 3.63) is 102 Å². The summed E-state index contributed by atoms with van der Waals surface area (Å²) in [6.45, 7) is 3.03. The molecule has 0 radical (unpaired) electrons. The lowest BCUT2D eigenvalue weighted by Crippen LogP contribution is -2.64. The number of carbonyl (C=O) groups excluding carboxylic acids is 7. The van der Waals surface area contributed by atoms with E-state index < -0.39 is 158 Å². The van der Waals surface area contributed by atoms with E-state index in [0.717, 1.165) is 76.2 Å². The van der Waals surface area contributed by atoms with Gasteiger partial charge >= 0.3 is 0 Å². The molecule has 3 aliphatic rings. The van der Waals surface area contributed by atoms with Crippen molar-refractivity contribution in [1.29, 1.82) is 0 Å². The van der Waals surface area contributed by atoms with E-state index in [2.05, 4.69) is 47.9 Å². The molecule has 0 bridgehead atoms. The van der Waals surface area contributed by atoms with Crippen LogP contribution >= 0.6 is 12.3 Å². The summed E-state index contributed by atoms with van der Waals surface area (Å²) in [7, 11) is 0. The fourth-order valence-corrected chi connectivity index (χ4v) is 11.4. The first-order valence-corrected chi connectivity index (χ1v) is 29.9.